The van der Waals surface area contributed by atoms with Gasteiger partial charge in [-0.3, -0.25) is 4.79 Å². The van der Waals surface area contributed by atoms with Crippen molar-refractivity contribution in [1.82, 2.24) is 10.2 Å². The Bertz CT molecular complexity index is 922. The molecular formula is C21H20ClFN2O. The highest BCUT2D eigenvalue weighted by atomic mass is 35.5. The largest absolute Gasteiger partial charge is 0.350 e. The molecule has 1 unspecified atom stereocenters. The van der Waals surface area contributed by atoms with Gasteiger partial charge in [0.05, 0.1) is 6.04 Å². The van der Waals surface area contributed by atoms with Crippen molar-refractivity contribution in [2.75, 3.05) is 20.6 Å². The Morgan fingerprint density at radius 1 is 1.08 bits per heavy atom. The quantitative estimate of drug-likeness (QED) is 0.708. The first-order valence-electron chi connectivity index (χ1n) is 8.34. The lowest BCUT2D eigenvalue weighted by molar-refractivity contribution is 0.0941. The van der Waals surface area contributed by atoms with Gasteiger partial charge < -0.3 is 10.2 Å². The van der Waals surface area contributed by atoms with Crippen LogP contribution in [0.2, 0.25) is 5.02 Å². The van der Waals surface area contributed by atoms with Crippen LogP contribution in [0, 0.1) is 5.82 Å². The molecule has 1 atom stereocenters. The van der Waals surface area contributed by atoms with Crippen LogP contribution in [0.3, 0.4) is 0 Å². The van der Waals surface area contributed by atoms with Crippen LogP contribution in [0.25, 0.3) is 10.8 Å². The number of benzene rings is 3. The summed E-state index contributed by atoms with van der Waals surface area (Å²) >= 11 is 6.19. The third kappa shape index (κ3) is 3.87. The van der Waals surface area contributed by atoms with Crippen LogP contribution in [0.15, 0.2) is 60.7 Å². The van der Waals surface area contributed by atoms with Gasteiger partial charge in [-0.1, -0.05) is 48.0 Å². The number of nitrogens with zero attached hydrogens (tertiary/aromatic N) is 1. The van der Waals surface area contributed by atoms with E-state index in [9.17, 15) is 9.18 Å². The summed E-state index contributed by atoms with van der Waals surface area (Å²) in [5, 5.41) is 5.32. The van der Waals surface area contributed by atoms with Crippen molar-refractivity contribution in [3.8, 4) is 0 Å². The van der Waals surface area contributed by atoms with Gasteiger partial charge in [0, 0.05) is 22.7 Å². The average molecular weight is 371 g/mol. The van der Waals surface area contributed by atoms with Crippen molar-refractivity contribution in [3.63, 3.8) is 0 Å². The Morgan fingerprint density at radius 3 is 2.50 bits per heavy atom. The second-order valence-corrected chi connectivity index (χ2v) is 6.79. The Labute approximate surface area is 157 Å². The summed E-state index contributed by atoms with van der Waals surface area (Å²) in [5.41, 5.74) is 0.957. The number of hydrogen-bond acceptors (Lipinski definition) is 2. The van der Waals surface area contributed by atoms with Crippen molar-refractivity contribution < 1.29 is 9.18 Å². The second-order valence-electron chi connectivity index (χ2n) is 6.39. The lowest BCUT2D eigenvalue weighted by atomic mass is 10.0. The third-order valence-electron chi connectivity index (χ3n) is 4.42. The van der Waals surface area contributed by atoms with Crippen molar-refractivity contribution in [2.45, 2.75) is 6.04 Å². The standard InChI is InChI=1S/C21H20ClFN2O/c1-25(2)19(20-17(22)8-5-9-18(20)23)13-24-21(26)16-11-10-14-6-3-4-7-15(14)12-16/h3-12,19H,13H2,1-2H3,(H,24,26). The first kappa shape index (κ1) is 18.4. The maximum Gasteiger partial charge on any atom is 0.251 e. The minimum atomic E-state index is -0.379. The van der Waals surface area contributed by atoms with Gasteiger partial charge in [-0.05, 0) is 49.1 Å². The molecule has 0 saturated heterocycles. The molecule has 3 aromatic rings. The van der Waals surface area contributed by atoms with E-state index in [1.807, 2.05) is 55.4 Å². The molecule has 5 heteroatoms. The maximum absolute atomic E-state index is 14.3. The summed E-state index contributed by atoms with van der Waals surface area (Å²) in [6.07, 6.45) is 0. The summed E-state index contributed by atoms with van der Waals surface area (Å²) < 4.78 is 14.3. The van der Waals surface area contributed by atoms with Crippen LogP contribution in [-0.2, 0) is 0 Å². The first-order chi connectivity index (χ1) is 12.5. The number of fused-ring (bicyclic) bond motifs is 1. The molecule has 0 aliphatic carbocycles. The Balaban J connectivity index is 1.79. The van der Waals surface area contributed by atoms with Crippen LogP contribution < -0.4 is 5.32 Å². The van der Waals surface area contributed by atoms with Crippen molar-refractivity contribution in [1.29, 1.82) is 0 Å². The van der Waals surface area contributed by atoms with E-state index in [1.165, 1.54) is 6.07 Å². The molecule has 3 rings (SSSR count). The number of carbonyl (C=O) groups excluding carboxylic acids is 1. The van der Waals surface area contributed by atoms with Gasteiger partial charge in [-0.25, -0.2) is 4.39 Å². The fraction of sp³-hybridized carbons (Fsp3) is 0.190. The number of likely N-dealkylation sites (N-methyl/N-ethyl adjacent to an activating group) is 1. The average Bonchev–Trinajstić information content (AvgIpc) is 2.63. The third-order valence-corrected chi connectivity index (χ3v) is 4.75. The molecule has 26 heavy (non-hydrogen) atoms. The van der Waals surface area contributed by atoms with Gasteiger partial charge in [-0.15, -0.1) is 0 Å². The lowest BCUT2D eigenvalue weighted by Gasteiger charge is -2.26. The molecule has 1 amide bonds. The molecule has 0 aliphatic heterocycles. The summed E-state index contributed by atoms with van der Waals surface area (Å²) in [6, 6.07) is 17.7. The van der Waals surface area contributed by atoms with Crippen LogP contribution >= 0.6 is 11.6 Å². The van der Waals surface area contributed by atoms with Gasteiger partial charge in [0.1, 0.15) is 5.82 Å². The number of hydrogen-bond donors (Lipinski definition) is 1. The Hall–Kier alpha value is -2.43. The van der Waals surface area contributed by atoms with Gasteiger partial charge in [0.25, 0.3) is 5.91 Å². The van der Waals surface area contributed by atoms with Crippen molar-refractivity contribution >= 4 is 28.3 Å². The minimum Gasteiger partial charge on any atom is -0.350 e. The molecule has 0 heterocycles. The van der Waals surface area contributed by atoms with E-state index in [1.54, 1.807) is 18.2 Å². The van der Waals surface area contributed by atoms with Crippen LogP contribution in [0.4, 0.5) is 4.39 Å². The normalized spacial score (nSPS) is 12.3. The van der Waals surface area contributed by atoms with E-state index in [2.05, 4.69) is 5.32 Å². The Morgan fingerprint density at radius 2 is 1.81 bits per heavy atom. The SMILES string of the molecule is CN(C)C(CNC(=O)c1ccc2ccccc2c1)c1c(F)cccc1Cl. The summed E-state index contributed by atoms with van der Waals surface area (Å²) in [6.45, 7) is 0.249. The number of rotatable bonds is 5. The molecule has 3 nitrogen and oxygen atoms in total. The molecule has 0 bridgehead atoms. The lowest BCUT2D eigenvalue weighted by Crippen LogP contribution is -2.35. The summed E-state index contributed by atoms with van der Waals surface area (Å²) in [4.78, 5) is 14.4. The topological polar surface area (TPSA) is 32.3 Å². The van der Waals surface area contributed by atoms with E-state index in [0.717, 1.165) is 10.8 Å². The van der Waals surface area contributed by atoms with Crippen molar-refractivity contribution in [3.05, 3.63) is 82.6 Å². The summed E-state index contributed by atoms with van der Waals surface area (Å²) in [7, 11) is 3.66. The van der Waals surface area contributed by atoms with E-state index >= 15 is 0 Å². The fourth-order valence-corrected chi connectivity index (χ4v) is 3.28. The highest BCUT2D eigenvalue weighted by Crippen LogP contribution is 2.28. The van der Waals surface area contributed by atoms with Gasteiger partial charge in [0.2, 0.25) is 0 Å². The first-order valence-corrected chi connectivity index (χ1v) is 8.72. The molecular weight excluding hydrogens is 351 g/mol. The minimum absolute atomic E-state index is 0.199. The molecule has 0 saturated carbocycles. The monoisotopic (exact) mass is 370 g/mol. The molecule has 0 aliphatic rings. The van der Waals surface area contributed by atoms with Crippen LogP contribution in [0.5, 0.6) is 0 Å². The van der Waals surface area contributed by atoms with E-state index in [-0.39, 0.29) is 24.3 Å². The predicted molar refractivity (Wildman–Crippen MR) is 104 cm³/mol. The van der Waals surface area contributed by atoms with E-state index < -0.39 is 0 Å². The number of halogens is 2. The van der Waals surface area contributed by atoms with E-state index in [4.69, 9.17) is 11.6 Å². The molecule has 134 valence electrons. The molecule has 0 fully saturated rings. The van der Waals surface area contributed by atoms with Gasteiger partial charge in [-0.2, -0.15) is 0 Å². The zero-order valence-corrected chi connectivity index (χ0v) is 15.4. The van der Waals surface area contributed by atoms with Crippen LogP contribution in [-0.4, -0.2) is 31.4 Å². The van der Waals surface area contributed by atoms with Gasteiger partial charge >= 0.3 is 0 Å². The number of amides is 1. The molecule has 0 radical (unpaired) electrons. The molecule has 1 N–H and O–H groups in total. The fourth-order valence-electron chi connectivity index (χ4n) is 2.99. The summed E-state index contributed by atoms with van der Waals surface area (Å²) in [5.74, 6) is -0.578. The predicted octanol–water partition coefficient (Wildman–Crippen LogP) is 4.67. The highest BCUT2D eigenvalue weighted by molar-refractivity contribution is 6.31. The van der Waals surface area contributed by atoms with Crippen LogP contribution in [0.1, 0.15) is 22.0 Å². The van der Waals surface area contributed by atoms with Gasteiger partial charge in [0.15, 0.2) is 0 Å². The number of carbonyl (C=O) groups is 1. The second kappa shape index (κ2) is 7.85. The number of nitrogens with one attached hydrogen (secondary N) is 1. The smallest absolute Gasteiger partial charge is 0.251 e. The molecule has 0 spiro atoms. The Kier molecular flexibility index (Phi) is 5.55. The molecule has 3 aromatic carbocycles. The van der Waals surface area contributed by atoms with Crippen molar-refractivity contribution in [2.24, 2.45) is 0 Å². The van der Waals surface area contributed by atoms with E-state index in [0.29, 0.717) is 16.1 Å². The maximum atomic E-state index is 14.3. The zero-order chi connectivity index (χ0) is 18.7. The highest BCUT2D eigenvalue weighted by Gasteiger charge is 2.22. The molecule has 0 aromatic heterocycles. The zero-order valence-electron chi connectivity index (χ0n) is 14.7.